The highest BCUT2D eigenvalue weighted by atomic mass is 32.1. The van der Waals surface area contributed by atoms with Crippen LogP contribution in [0.25, 0.3) is 5.69 Å². The van der Waals surface area contributed by atoms with Crippen molar-refractivity contribution in [2.75, 3.05) is 11.9 Å². The summed E-state index contributed by atoms with van der Waals surface area (Å²) in [6.45, 7) is 0.893. The number of thiophene rings is 1. The molecule has 0 aliphatic heterocycles. The Morgan fingerprint density at radius 3 is 2.79 bits per heavy atom. The molecule has 96 valence electrons. The van der Waals surface area contributed by atoms with Crippen molar-refractivity contribution in [3.05, 3.63) is 65.1 Å². The predicted molar refractivity (Wildman–Crippen MR) is 80.1 cm³/mol. The van der Waals surface area contributed by atoms with Crippen molar-refractivity contribution < 1.29 is 0 Å². The number of nitrogens with one attached hydrogen (secondary N) is 1. The van der Waals surface area contributed by atoms with E-state index in [1.807, 2.05) is 30.6 Å². The van der Waals surface area contributed by atoms with Gasteiger partial charge in [-0.3, -0.25) is 4.57 Å². The highest BCUT2D eigenvalue weighted by Crippen LogP contribution is 2.14. The Morgan fingerprint density at radius 1 is 1.11 bits per heavy atom. The van der Waals surface area contributed by atoms with Crippen LogP contribution in [-0.4, -0.2) is 16.1 Å². The fourth-order valence-corrected chi connectivity index (χ4v) is 2.69. The number of imidazole rings is 1. The molecular formula is C15H15N3S. The number of rotatable bonds is 5. The van der Waals surface area contributed by atoms with Gasteiger partial charge < -0.3 is 5.32 Å². The fourth-order valence-electron chi connectivity index (χ4n) is 1.98. The van der Waals surface area contributed by atoms with Gasteiger partial charge in [0.15, 0.2) is 0 Å². The molecule has 0 aliphatic carbocycles. The van der Waals surface area contributed by atoms with Crippen LogP contribution in [0.4, 0.5) is 5.95 Å². The number of nitrogens with zero attached hydrogens (tertiary/aromatic N) is 2. The summed E-state index contributed by atoms with van der Waals surface area (Å²) in [7, 11) is 0. The molecule has 19 heavy (non-hydrogen) atoms. The maximum absolute atomic E-state index is 4.37. The quantitative estimate of drug-likeness (QED) is 0.767. The summed E-state index contributed by atoms with van der Waals surface area (Å²) in [4.78, 5) is 5.76. The van der Waals surface area contributed by atoms with Crippen LogP contribution in [0.3, 0.4) is 0 Å². The smallest absolute Gasteiger partial charge is 0.207 e. The molecular weight excluding hydrogens is 254 g/mol. The van der Waals surface area contributed by atoms with E-state index in [0.29, 0.717) is 0 Å². The van der Waals surface area contributed by atoms with Gasteiger partial charge in [0.2, 0.25) is 5.95 Å². The minimum atomic E-state index is 0.891. The van der Waals surface area contributed by atoms with Crippen LogP contribution in [0.15, 0.2) is 60.2 Å². The Labute approximate surface area is 116 Å². The Morgan fingerprint density at radius 2 is 2.00 bits per heavy atom. The Bertz CT molecular complexity index is 614. The van der Waals surface area contributed by atoms with E-state index in [1.165, 1.54) is 4.88 Å². The van der Waals surface area contributed by atoms with Crippen molar-refractivity contribution in [1.82, 2.24) is 9.55 Å². The largest absolute Gasteiger partial charge is 0.355 e. The topological polar surface area (TPSA) is 29.9 Å². The maximum Gasteiger partial charge on any atom is 0.207 e. The molecule has 0 atom stereocenters. The standard InChI is InChI=1S/C15H15N3S/c1-2-5-13(6-3-1)18-11-10-17-15(18)16-9-8-14-7-4-12-19-14/h1-7,10-12H,8-9H2,(H,16,17). The maximum atomic E-state index is 4.37. The van der Waals surface area contributed by atoms with Crippen LogP contribution in [0, 0.1) is 0 Å². The molecule has 0 unspecified atom stereocenters. The summed E-state index contributed by atoms with van der Waals surface area (Å²) in [5.41, 5.74) is 1.12. The first kappa shape index (κ1) is 12.0. The van der Waals surface area contributed by atoms with Crippen molar-refractivity contribution in [2.24, 2.45) is 0 Å². The van der Waals surface area contributed by atoms with Crippen molar-refractivity contribution in [1.29, 1.82) is 0 Å². The van der Waals surface area contributed by atoms with Gasteiger partial charge in [-0.25, -0.2) is 4.98 Å². The molecule has 0 radical (unpaired) electrons. The molecule has 3 rings (SSSR count). The van der Waals surface area contributed by atoms with Crippen molar-refractivity contribution >= 4 is 17.3 Å². The van der Waals surface area contributed by atoms with Gasteiger partial charge in [-0.15, -0.1) is 11.3 Å². The lowest BCUT2D eigenvalue weighted by atomic mass is 10.3. The van der Waals surface area contributed by atoms with E-state index in [9.17, 15) is 0 Å². The van der Waals surface area contributed by atoms with Gasteiger partial charge in [0, 0.05) is 29.5 Å². The molecule has 0 bridgehead atoms. The van der Waals surface area contributed by atoms with E-state index in [1.54, 1.807) is 11.3 Å². The zero-order valence-electron chi connectivity index (χ0n) is 10.5. The van der Waals surface area contributed by atoms with Crippen molar-refractivity contribution in [3.8, 4) is 5.69 Å². The summed E-state index contributed by atoms with van der Waals surface area (Å²) in [5.74, 6) is 0.891. The van der Waals surface area contributed by atoms with Crippen LogP contribution < -0.4 is 5.32 Å². The lowest BCUT2D eigenvalue weighted by molar-refractivity contribution is 0.973. The fraction of sp³-hybridized carbons (Fsp3) is 0.133. The number of para-hydroxylation sites is 1. The second-order valence-corrected chi connectivity index (χ2v) is 5.24. The molecule has 0 saturated heterocycles. The molecule has 3 nitrogen and oxygen atoms in total. The average Bonchev–Trinajstić information content (AvgIpc) is 3.11. The molecule has 3 aromatic rings. The monoisotopic (exact) mass is 269 g/mol. The summed E-state index contributed by atoms with van der Waals surface area (Å²) in [5, 5.41) is 5.50. The van der Waals surface area contributed by atoms with Crippen LogP contribution in [0.5, 0.6) is 0 Å². The molecule has 2 aromatic heterocycles. The van der Waals surface area contributed by atoms with Gasteiger partial charge in [0.25, 0.3) is 0 Å². The zero-order valence-corrected chi connectivity index (χ0v) is 11.3. The first-order valence-corrected chi connectivity index (χ1v) is 7.16. The predicted octanol–water partition coefficient (Wildman–Crippen LogP) is 3.59. The minimum absolute atomic E-state index is 0.891. The Hall–Kier alpha value is -2.07. The SMILES string of the molecule is c1ccc(-n2ccnc2NCCc2cccs2)cc1. The number of hydrogen-bond acceptors (Lipinski definition) is 3. The van der Waals surface area contributed by atoms with Gasteiger partial charge in [-0.05, 0) is 30.0 Å². The van der Waals surface area contributed by atoms with Crippen LogP contribution in [-0.2, 0) is 6.42 Å². The van der Waals surface area contributed by atoms with E-state index in [2.05, 4.69) is 44.5 Å². The highest BCUT2D eigenvalue weighted by Gasteiger charge is 2.03. The number of hydrogen-bond donors (Lipinski definition) is 1. The number of aromatic nitrogens is 2. The van der Waals surface area contributed by atoms with E-state index < -0.39 is 0 Å². The number of benzene rings is 1. The van der Waals surface area contributed by atoms with E-state index in [-0.39, 0.29) is 0 Å². The summed E-state index contributed by atoms with van der Waals surface area (Å²) < 4.78 is 2.06. The minimum Gasteiger partial charge on any atom is -0.355 e. The molecule has 0 spiro atoms. The van der Waals surface area contributed by atoms with E-state index in [4.69, 9.17) is 0 Å². The van der Waals surface area contributed by atoms with Gasteiger partial charge in [0.1, 0.15) is 0 Å². The second kappa shape index (κ2) is 5.71. The van der Waals surface area contributed by atoms with Crippen molar-refractivity contribution in [3.63, 3.8) is 0 Å². The van der Waals surface area contributed by atoms with Crippen molar-refractivity contribution in [2.45, 2.75) is 6.42 Å². The summed E-state index contributed by atoms with van der Waals surface area (Å²) >= 11 is 1.79. The third-order valence-corrected chi connectivity index (χ3v) is 3.85. The summed E-state index contributed by atoms with van der Waals surface area (Å²) in [6, 6.07) is 14.5. The van der Waals surface area contributed by atoms with Crippen LogP contribution in [0.1, 0.15) is 4.88 Å². The van der Waals surface area contributed by atoms with E-state index in [0.717, 1.165) is 24.6 Å². The third-order valence-electron chi connectivity index (χ3n) is 2.91. The summed E-state index contributed by atoms with van der Waals surface area (Å²) in [6.07, 6.45) is 4.82. The lowest BCUT2D eigenvalue weighted by Gasteiger charge is -2.09. The molecule has 0 saturated carbocycles. The number of anilines is 1. The first-order chi connectivity index (χ1) is 9.43. The lowest BCUT2D eigenvalue weighted by Crippen LogP contribution is -2.09. The molecule has 1 N–H and O–H groups in total. The Balaban J connectivity index is 1.67. The Kier molecular flexibility index (Phi) is 3.61. The first-order valence-electron chi connectivity index (χ1n) is 6.28. The zero-order chi connectivity index (χ0) is 12.9. The third kappa shape index (κ3) is 2.85. The van der Waals surface area contributed by atoms with Gasteiger partial charge in [0.05, 0.1) is 0 Å². The van der Waals surface area contributed by atoms with Crippen LogP contribution in [0.2, 0.25) is 0 Å². The van der Waals surface area contributed by atoms with Gasteiger partial charge >= 0.3 is 0 Å². The second-order valence-electron chi connectivity index (χ2n) is 4.21. The molecule has 4 heteroatoms. The van der Waals surface area contributed by atoms with Gasteiger partial charge in [-0.1, -0.05) is 24.3 Å². The average molecular weight is 269 g/mol. The molecule has 0 amide bonds. The highest BCUT2D eigenvalue weighted by molar-refractivity contribution is 7.09. The van der Waals surface area contributed by atoms with Gasteiger partial charge in [-0.2, -0.15) is 0 Å². The molecule has 0 fully saturated rings. The molecule has 1 aromatic carbocycles. The molecule has 2 heterocycles. The van der Waals surface area contributed by atoms with E-state index >= 15 is 0 Å². The normalized spacial score (nSPS) is 10.5. The van der Waals surface area contributed by atoms with Crippen LogP contribution >= 0.6 is 11.3 Å². The molecule has 0 aliphatic rings.